The van der Waals surface area contributed by atoms with Crippen molar-refractivity contribution >= 4 is 26.0 Å². The molecular weight excluding hydrogens is 304 g/mol. The Morgan fingerprint density at radius 1 is 1.29 bits per heavy atom. The summed E-state index contributed by atoms with van der Waals surface area (Å²) in [6.07, 6.45) is 0. The molecule has 0 fully saturated rings. The predicted molar refractivity (Wildman–Crippen MR) is 72.5 cm³/mol. The SMILES string of the molecule is CC(C)NCCNS(=O)(=O)c1cccc(Br)c1. The van der Waals surface area contributed by atoms with Crippen molar-refractivity contribution in [1.29, 1.82) is 0 Å². The Kier molecular flexibility index (Phi) is 5.58. The highest BCUT2D eigenvalue weighted by atomic mass is 79.9. The molecule has 0 aliphatic rings. The number of rotatable bonds is 6. The van der Waals surface area contributed by atoms with Crippen molar-refractivity contribution < 1.29 is 8.42 Å². The van der Waals surface area contributed by atoms with Crippen LogP contribution in [-0.2, 0) is 10.0 Å². The Morgan fingerprint density at radius 3 is 2.59 bits per heavy atom. The van der Waals surface area contributed by atoms with Gasteiger partial charge in [0.2, 0.25) is 10.0 Å². The minimum absolute atomic E-state index is 0.274. The molecule has 0 amide bonds. The maximum absolute atomic E-state index is 11.9. The zero-order chi connectivity index (χ0) is 12.9. The maximum atomic E-state index is 11.9. The van der Waals surface area contributed by atoms with Crippen molar-refractivity contribution in [1.82, 2.24) is 10.0 Å². The number of hydrogen-bond donors (Lipinski definition) is 2. The molecule has 6 heteroatoms. The quantitative estimate of drug-likeness (QED) is 0.785. The van der Waals surface area contributed by atoms with Crippen LogP contribution in [0.15, 0.2) is 33.6 Å². The van der Waals surface area contributed by atoms with E-state index in [9.17, 15) is 8.42 Å². The van der Waals surface area contributed by atoms with E-state index in [0.29, 0.717) is 19.1 Å². The first-order valence-corrected chi connectivity index (χ1v) is 7.68. The van der Waals surface area contributed by atoms with Gasteiger partial charge < -0.3 is 5.32 Å². The topological polar surface area (TPSA) is 58.2 Å². The molecule has 0 bridgehead atoms. The summed E-state index contributed by atoms with van der Waals surface area (Å²) in [6.45, 7) is 5.03. The third-order valence-electron chi connectivity index (χ3n) is 2.08. The Balaban J connectivity index is 2.57. The second-order valence-corrected chi connectivity index (χ2v) is 6.65. The van der Waals surface area contributed by atoms with Gasteiger partial charge in [-0.2, -0.15) is 0 Å². The van der Waals surface area contributed by atoms with Gasteiger partial charge in [-0.3, -0.25) is 0 Å². The van der Waals surface area contributed by atoms with Crippen LogP contribution >= 0.6 is 15.9 Å². The molecule has 0 aliphatic carbocycles. The molecule has 0 saturated carbocycles. The van der Waals surface area contributed by atoms with Gasteiger partial charge in [-0.05, 0) is 18.2 Å². The summed E-state index contributed by atoms with van der Waals surface area (Å²) in [4.78, 5) is 0.274. The third kappa shape index (κ3) is 5.16. The molecule has 96 valence electrons. The normalized spacial score (nSPS) is 12.0. The second-order valence-electron chi connectivity index (χ2n) is 3.96. The van der Waals surface area contributed by atoms with Gasteiger partial charge in [0, 0.05) is 23.6 Å². The summed E-state index contributed by atoms with van der Waals surface area (Å²) in [5.41, 5.74) is 0. The van der Waals surface area contributed by atoms with Crippen molar-refractivity contribution in [3.63, 3.8) is 0 Å². The molecule has 0 unspecified atom stereocenters. The predicted octanol–water partition coefficient (Wildman–Crippen LogP) is 1.73. The van der Waals surface area contributed by atoms with Crippen LogP contribution in [0.5, 0.6) is 0 Å². The first kappa shape index (κ1) is 14.6. The summed E-state index contributed by atoms with van der Waals surface area (Å²) in [7, 11) is -3.40. The summed E-state index contributed by atoms with van der Waals surface area (Å²) in [6, 6.07) is 7.00. The van der Waals surface area contributed by atoms with Crippen molar-refractivity contribution in [2.75, 3.05) is 13.1 Å². The first-order chi connectivity index (χ1) is 7.92. The lowest BCUT2D eigenvalue weighted by atomic mass is 10.4. The van der Waals surface area contributed by atoms with E-state index in [0.717, 1.165) is 4.47 Å². The zero-order valence-electron chi connectivity index (χ0n) is 9.90. The molecular formula is C11H17BrN2O2S. The molecule has 0 saturated heterocycles. The van der Waals surface area contributed by atoms with Crippen LogP contribution < -0.4 is 10.0 Å². The standard InChI is InChI=1S/C11H17BrN2O2S/c1-9(2)13-6-7-14-17(15,16)11-5-3-4-10(12)8-11/h3-5,8-9,13-14H,6-7H2,1-2H3. The van der Waals surface area contributed by atoms with Crippen LogP contribution in [0.3, 0.4) is 0 Å². The van der Waals surface area contributed by atoms with E-state index in [1.807, 2.05) is 13.8 Å². The molecule has 1 rings (SSSR count). The molecule has 0 radical (unpaired) electrons. The van der Waals surface area contributed by atoms with Crippen LogP contribution in [0.1, 0.15) is 13.8 Å². The highest BCUT2D eigenvalue weighted by Crippen LogP contribution is 2.15. The van der Waals surface area contributed by atoms with Gasteiger partial charge in [-0.15, -0.1) is 0 Å². The van der Waals surface area contributed by atoms with Gasteiger partial charge >= 0.3 is 0 Å². The molecule has 1 aromatic carbocycles. The number of sulfonamides is 1. The van der Waals surface area contributed by atoms with E-state index >= 15 is 0 Å². The molecule has 0 aliphatic heterocycles. The Morgan fingerprint density at radius 2 is 2.00 bits per heavy atom. The minimum atomic E-state index is -3.40. The largest absolute Gasteiger partial charge is 0.313 e. The average Bonchev–Trinajstić information content (AvgIpc) is 2.24. The van der Waals surface area contributed by atoms with Crippen molar-refractivity contribution in [3.8, 4) is 0 Å². The smallest absolute Gasteiger partial charge is 0.240 e. The number of nitrogens with one attached hydrogen (secondary N) is 2. The molecule has 0 atom stereocenters. The van der Waals surface area contributed by atoms with Crippen LogP contribution in [0.25, 0.3) is 0 Å². The molecule has 0 heterocycles. The van der Waals surface area contributed by atoms with Crippen LogP contribution in [0, 0.1) is 0 Å². The molecule has 2 N–H and O–H groups in total. The Bertz CT molecular complexity index is 460. The highest BCUT2D eigenvalue weighted by Gasteiger charge is 2.12. The number of halogens is 1. The lowest BCUT2D eigenvalue weighted by molar-refractivity contribution is 0.559. The summed E-state index contributed by atoms with van der Waals surface area (Å²) in [5.74, 6) is 0. The van der Waals surface area contributed by atoms with E-state index in [1.54, 1.807) is 24.3 Å². The summed E-state index contributed by atoms with van der Waals surface area (Å²) in [5, 5.41) is 3.14. The minimum Gasteiger partial charge on any atom is -0.313 e. The third-order valence-corrected chi connectivity index (χ3v) is 4.03. The van der Waals surface area contributed by atoms with Gasteiger partial charge in [-0.25, -0.2) is 13.1 Å². The van der Waals surface area contributed by atoms with Crippen LogP contribution in [0.4, 0.5) is 0 Å². The van der Waals surface area contributed by atoms with Gasteiger partial charge in [0.1, 0.15) is 0 Å². The lowest BCUT2D eigenvalue weighted by Crippen LogP contribution is -2.34. The van der Waals surface area contributed by atoms with E-state index in [2.05, 4.69) is 26.0 Å². The van der Waals surface area contributed by atoms with E-state index < -0.39 is 10.0 Å². The van der Waals surface area contributed by atoms with Crippen LogP contribution in [0.2, 0.25) is 0 Å². The summed E-state index contributed by atoms with van der Waals surface area (Å²) >= 11 is 3.25. The van der Waals surface area contributed by atoms with E-state index in [4.69, 9.17) is 0 Å². The molecule has 1 aromatic rings. The average molecular weight is 321 g/mol. The number of benzene rings is 1. The van der Waals surface area contributed by atoms with Crippen molar-refractivity contribution in [2.45, 2.75) is 24.8 Å². The van der Waals surface area contributed by atoms with Gasteiger partial charge in [0.05, 0.1) is 4.90 Å². The fourth-order valence-electron chi connectivity index (χ4n) is 1.26. The molecule has 17 heavy (non-hydrogen) atoms. The maximum Gasteiger partial charge on any atom is 0.240 e. The highest BCUT2D eigenvalue weighted by molar-refractivity contribution is 9.10. The van der Waals surface area contributed by atoms with Gasteiger partial charge in [0.15, 0.2) is 0 Å². The Hall–Kier alpha value is -0.430. The molecule has 0 spiro atoms. The second kappa shape index (κ2) is 6.49. The molecule has 4 nitrogen and oxygen atoms in total. The van der Waals surface area contributed by atoms with Gasteiger partial charge in [0.25, 0.3) is 0 Å². The summed E-state index contributed by atoms with van der Waals surface area (Å²) < 4.78 is 27.0. The zero-order valence-corrected chi connectivity index (χ0v) is 12.3. The van der Waals surface area contributed by atoms with Crippen molar-refractivity contribution in [2.24, 2.45) is 0 Å². The fourth-order valence-corrected chi connectivity index (χ4v) is 2.89. The van der Waals surface area contributed by atoms with Crippen molar-refractivity contribution in [3.05, 3.63) is 28.7 Å². The number of hydrogen-bond acceptors (Lipinski definition) is 3. The lowest BCUT2D eigenvalue weighted by Gasteiger charge is -2.09. The van der Waals surface area contributed by atoms with Crippen LogP contribution in [-0.4, -0.2) is 27.5 Å². The molecule has 0 aromatic heterocycles. The Labute approximate surface area is 111 Å². The van der Waals surface area contributed by atoms with E-state index in [1.165, 1.54) is 0 Å². The first-order valence-electron chi connectivity index (χ1n) is 5.40. The monoisotopic (exact) mass is 320 g/mol. The van der Waals surface area contributed by atoms with Gasteiger partial charge in [-0.1, -0.05) is 35.8 Å². The fraction of sp³-hybridized carbons (Fsp3) is 0.455. The van der Waals surface area contributed by atoms with E-state index in [-0.39, 0.29) is 4.90 Å².